The van der Waals surface area contributed by atoms with Crippen LogP contribution in [0, 0.1) is 11.8 Å². The molecule has 0 saturated heterocycles. The van der Waals surface area contributed by atoms with Gasteiger partial charge >= 0.3 is 0 Å². The molecular formula is C19H24O3. The first-order valence-electron chi connectivity index (χ1n) is 7.71. The van der Waals surface area contributed by atoms with E-state index in [1.807, 2.05) is 37.3 Å². The molecule has 0 aliphatic rings. The molecule has 0 bridgehead atoms. The lowest BCUT2D eigenvalue weighted by molar-refractivity contribution is 0.0962. The number of rotatable bonds is 7. The number of aliphatic hydroxyl groups excluding tert-OH is 1. The van der Waals surface area contributed by atoms with E-state index < -0.39 is 6.10 Å². The SMILES string of the molecule is CC(COc1ccccc1)CC(C)C(O)c1ccc(O)cc1. The summed E-state index contributed by atoms with van der Waals surface area (Å²) in [5.41, 5.74) is 0.835. The lowest BCUT2D eigenvalue weighted by Gasteiger charge is -2.23. The van der Waals surface area contributed by atoms with E-state index in [4.69, 9.17) is 4.74 Å². The molecule has 2 aromatic rings. The van der Waals surface area contributed by atoms with Crippen molar-refractivity contribution < 1.29 is 14.9 Å². The zero-order valence-corrected chi connectivity index (χ0v) is 13.1. The highest BCUT2D eigenvalue weighted by Gasteiger charge is 2.19. The summed E-state index contributed by atoms with van der Waals surface area (Å²) in [4.78, 5) is 0. The molecule has 2 rings (SSSR count). The Hall–Kier alpha value is -2.00. The van der Waals surface area contributed by atoms with Gasteiger partial charge in [-0.05, 0) is 48.1 Å². The van der Waals surface area contributed by atoms with Gasteiger partial charge in [-0.3, -0.25) is 0 Å². The van der Waals surface area contributed by atoms with Crippen LogP contribution in [0.5, 0.6) is 11.5 Å². The van der Waals surface area contributed by atoms with Crippen LogP contribution < -0.4 is 4.74 Å². The molecule has 0 heterocycles. The Morgan fingerprint density at radius 2 is 1.59 bits per heavy atom. The number of ether oxygens (including phenoxy) is 1. The normalized spacial score (nSPS) is 15.0. The second kappa shape index (κ2) is 7.85. The zero-order valence-electron chi connectivity index (χ0n) is 13.1. The van der Waals surface area contributed by atoms with Crippen LogP contribution in [0.25, 0.3) is 0 Å². The van der Waals surface area contributed by atoms with Crippen LogP contribution in [0.15, 0.2) is 54.6 Å². The van der Waals surface area contributed by atoms with E-state index in [0.717, 1.165) is 17.7 Å². The summed E-state index contributed by atoms with van der Waals surface area (Å²) in [5.74, 6) is 1.57. The average Bonchev–Trinajstić information content (AvgIpc) is 2.54. The Bertz CT molecular complexity index is 551. The van der Waals surface area contributed by atoms with Gasteiger partial charge in [0, 0.05) is 0 Å². The maximum Gasteiger partial charge on any atom is 0.119 e. The van der Waals surface area contributed by atoms with Crippen molar-refractivity contribution in [3.63, 3.8) is 0 Å². The lowest BCUT2D eigenvalue weighted by atomic mass is 9.89. The first-order chi connectivity index (χ1) is 10.6. The van der Waals surface area contributed by atoms with Crippen molar-refractivity contribution in [2.45, 2.75) is 26.4 Å². The Labute approximate surface area is 132 Å². The van der Waals surface area contributed by atoms with E-state index in [0.29, 0.717) is 12.5 Å². The molecule has 3 atom stereocenters. The highest BCUT2D eigenvalue weighted by Crippen LogP contribution is 2.28. The fourth-order valence-corrected chi connectivity index (χ4v) is 2.59. The molecule has 0 saturated carbocycles. The van der Waals surface area contributed by atoms with Crippen molar-refractivity contribution in [2.75, 3.05) is 6.61 Å². The fourth-order valence-electron chi connectivity index (χ4n) is 2.59. The first-order valence-corrected chi connectivity index (χ1v) is 7.71. The number of hydrogen-bond donors (Lipinski definition) is 2. The molecule has 0 aliphatic carbocycles. The van der Waals surface area contributed by atoms with Crippen LogP contribution in [0.4, 0.5) is 0 Å². The quantitative estimate of drug-likeness (QED) is 0.807. The highest BCUT2D eigenvalue weighted by molar-refractivity contribution is 5.27. The predicted octanol–water partition coefficient (Wildman–Crippen LogP) is 4.17. The number of phenols is 1. The maximum absolute atomic E-state index is 10.4. The summed E-state index contributed by atoms with van der Waals surface area (Å²) in [7, 11) is 0. The second-order valence-electron chi connectivity index (χ2n) is 5.98. The summed E-state index contributed by atoms with van der Waals surface area (Å²) in [6.07, 6.45) is 0.342. The van der Waals surface area contributed by atoms with Crippen molar-refractivity contribution in [1.29, 1.82) is 0 Å². The third-order valence-corrected chi connectivity index (χ3v) is 3.83. The lowest BCUT2D eigenvalue weighted by Crippen LogP contribution is -2.17. The van der Waals surface area contributed by atoms with E-state index in [1.54, 1.807) is 24.3 Å². The molecule has 3 nitrogen and oxygen atoms in total. The van der Waals surface area contributed by atoms with Crippen LogP contribution in [0.2, 0.25) is 0 Å². The molecule has 0 fully saturated rings. The smallest absolute Gasteiger partial charge is 0.119 e. The molecule has 22 heavy (non-hydrogen) atoms. The number of benzene rings is 2. The Morgan fingerprint density at radius 1 is 0.955 bits per heavy atom. The van der Waals surface area contributed by atoms with E-state index in [1.165, 1.54) is 0 Å². The molecule has 2 aromatic carbocycles. The average molecular weight is 300 g/mol. The van der Waals surface area contributed by atoms with Gasteiger partial charge in [-0.25, -0.2) is 0 Å². The Kier molecular flexibility index (Phi) is 5.84. The predicted molar refractivity (Wildman–Crippen MR) is 87.9 cm³/mol. The maximum atomic E-state index is 10.4. The first kappa shape index (κ1) is 16.4. The number of para-hydroxylation sites is 1. The van der Waals surface area contributed by atoms with Crippen LogP contribution in [-0.4, -0.2) is 16.8 Å². The molecule has 0 aromatic heterocycles. The van der Waals surface area contributed by atoms with Gasteiger partial charge in [-0.15, -0.1) is 0 Å². The van der Waals surface area contributed by atoms with Crippen molar-refractivity contribution in [3.8, 4) is 11.5 Å². The van der Waals surface area contributed by atoms with Gasteiger partial charge in [-0.2, -0.15) is 0 Å². The van der Waals surface area contributed by atoms with Crippen LogP contribution >= 0.6 is 0 Å². The fraction of sp³-hybridized carbons (Fsp3) is 0.368. The standard InChI is InChI=1S/C19H24O3/c1-14(13-22-18-6-4-3-5-7-18)12-15(2)19(21)16-8-10-17(20)11-9-16/h3-11,14-15,19-21H,12-13H2,1-2H3. The zero-order chi connectivity index (χ0) is 15.9. The van der Waals surface area contributed by atoms with Crippen molar-refractivity contribution in [1.82, 2.24) is 0 Å². The number of phenolic OH excluding ortho intramolecular Hbond substituents is 1. The van der Waals surface area contributed by atoms with E-state index >= 15 is 0 Å². The molecule has 0 radical (unpaired) electrons. The summed E-state index contributed by atoms with van der Waals surface area (Å²) >= 11 is 0. The minimum atomic E-state index is -0.528. The number of hydrogen-bond acceptors (Lipinski definition) is 3. The van der Waals surface area contributed by atoms with E-state index in [-0.39, 0.29) is 11.7 Å². The van der Waals surface area contributed by atoms with Gasteiger partial charge in [0.05, 0.1) is 12.7 Å². The Morgan fingerprint density at radius 3 is 2.23 bits per heavy atom. The van der Waals surface area contributed by atoms with Crippen LogP contribution in [0.1, 0.15) is 31.9 Å². The largest absolute Gasteiger partial charge is 0.508 e. The van der Waals surface area contributed by atoms with E-state index in [9.17, 15) is 10.2 Å². The summed E-state index contributed by atoms with van der Waals surface area (Å²) in [6, 6.07) is 16.5. The Balaban J connectivity index is 1.82. The van der Waals surface area contributed by atoms with Gasteiger partial charge < -0.3 is 14.9 Å². The molecule has 118 valence electrons. The van der Waals surface area contributed by atoms with Gasteiger partial charge in [0.1, 0.15) is 11.5 Å². The van der Waals surface area contributed by atoms with Crippen molar-refractivity contribution in [2.24, 2.45) is 11.8 Å². The van der Waals surface area contributed by atoms with Gasteiger partial charge in [-0.1, -0.05) is 44.2 Å². The van der Waals surface area contributed by atoms with Gasteiger partial charge in [0.15, 0.2) is 0 Å². The minimum Gasteiger partial charge on any atom is -0.508 e. The summed E-state index contributed by atoms with van der Waals surface area (Å²) in [5, 5.41) is 19.7. The topological polar surface area (TPSA) is 49.7 Å². The number of aliphatic hydroxyl groups is 1. The molecule has 2 N–H and O–H groups in total. The monoisotopic (exact) mass is 300 g/mol. The summed E-state index contributed by atoms with van der Waals surface area (Å²) in [6.45, 7) is 4.80. The van der Waals surface area contributed by atoms with Crippen molar-refractivity contribution >= 4 is 0 Å². The molecule has 0 spiro atoms. The molecular weight excluding hydrogens is 276 g/mol. The van der Waals surface area contributed by atoms with Crippen molar-refractivity contribution in [3.05, 3.63) is 60.2 Å². The highest BCUT2D eigenvalue weighted by atomic mass is 16.5. The molecule has 0 amide bonds. The third-order valence-electron chi connectivity index (χ3n) is 3.83. The van der Waals surface area contributed by atoms with Crippen LogP contribution in [0.3, 0.4) is 0 Å². The molecule has 3 heteroatoms. The van der Waals surface area contributed by atoms with Crippen LogP contribution in [-0.2, 0) is 0 Å². The summed E-state index contributed by atoms with van der Waals surface area (Å²) < 4.78 is 5.76. The second-order valence-corrected chi connectivity index (χ2v) is 5.98. The third kappa shape index (κ3) is 4.78. The minimum absolute atomic E-state index is 0.124. The number of aromatic hydroxyl groups is 1. The van der Waals surface area contributed by atoms with Gasteiger partial charge in [0.2, 0.25) is 0 Å². The van der Waals surface area contributed by atoms with Gasteiger partial charge in [0.25, 0.3) is 0 Å². The molecule has 0 aliphatic heterocycles. The van der Waals surface area contributed by atoms with E-state index in [2.05, 4.69) is 6.92 Å². The molecule has 3 unspecified atom stereocenters.